The van der Waals surface area contributed by atoms with Crippen LogP contribution >= 0.6 is 0 Å². The average Bonchev–Trinajstić information content (AvgIpc) is 2.11. The molecule has 0 spiro atoms. The van der Waals surface area contributed by atoms with Crippen LogP contribution in [0.2, 0.25) is 0 Å². The predicted molar refractivity (Wildman–Crippen MR) is 42.2 cm³/mol. The molecule has 0 aliphatic carbocycles. The van der Waals surface area contributed by atoms with Crippen LogP contribution in [-0.2, 0) is 19.2 Å². The third kappa shape index (κ3) is 3.59. The number of unbranched alkanes of at least 4 members (excludes halogenated alkanes) is 1. The Kier molecular flexibility index (Phi) is 4.58. The Bertz CT molecular complexity index is 253. The molecule has 0 unspecified atom stereocenters. The molecule has 13 heavy (non-hydrogen) atoms. The number of aliphatic carboxylic acids is 1. The quantitative estimate of drug-likeness (QED) is 0.464. The molecule has 0 aliphatic rings. The van der Waals surface area contributed by atoms with Crippen molar-refractivity contribution in [3.05, 3.63) is 0 Å². The number of carbonyl (C=O) groups is 4. The number of carbonyl (C=O) groups excluding carboxylic acids is 3. The predicted octanol–water partition coefficient (Wildman–Crippen LogP) is -0.0315. The van der Waals surface area contributed by atoms with E-state index >= 15 is 0 Å². The van der Waals surface area contributed by atoms with Crippen LogP contribution < -0.4 is 0 Å². The van der Waals surface area contributed by atoms with Gasteiger partial charge < -0.3 is 5.11 Å². The van der Waals surface area contributed by atoms with Crippen molar-refractivity contribution in [2.45, 2.75) is 26.2 Å². The largest absolute Gasteiger partial charge is 0.475 e. The summed E-state index contributed by atoms with van der Waals surface area (Å²) in [4.78, 5) is 42.0. The van der Waals surface area contributed by atoms with E-state index in [0.717, 1.165) is 0 Å². The molecule has 1 N–H and O–H groups in total. The van der Waals surface area contributed by atoms with Crippen LogP contribution in [0.4, 0.5) is 0 Å². The molecule has 0 aromatic rings. The first-order chi connectivity index (χ1) is 6.00. The highest BCUT2D eigenvalue weighted by Crippen LogP contribution is 1.96. The molecule has 0 aromatic heterocycles. The second-order valence-corrected chi connectivity index (χ2v) is 2.49. The Morgan fingerprint density at radius 2 is 1.62 bits per heavy atom. The van der Waals surface area contributed by atoms with E-state index in [2.05, 4.69) is 0 Å². The van der Waals surface area contributed by atoms with E-state index in [0.29, 0.717) is 12.8 Å². The van der Waals surface area contributed by atoms with Gasteiger partial charge in [-0.1, -0.05) is 13.3 Å². The zero-order valence-electron chi connectivity index (χ0n) is 7.20. The van der Waals surface area contributed by atoms with Gasteiger partial charge in [0.15, 0.2) is 0 Å². The van der Waals surface area contributed by atoms with Crippen molar-refractivity contribution in [1.82, 2.24) is 0 Å². The number of Topliss-reactive ketones (excluding diaryl/α,β-unsaturated/α-hetero) is 3. The molecule has 0 bridgehead atoms. The van der Waals surface area contributed by atoms with Crippen molar-refractivity contribution in [3.63, 3.8) is 0 Å². The lowest BCUT2D eigenvalue weighted by Gasteiger charge is -1.94. The molecule has 0 rings (SSSR count). The van der Waals surface area contributed by atoms with Crippen molar-refractivity contribution in [2.75, 3.05) is 0 Å². The van der Waals surface area contributed by atoms with Gasteiger partial charge >= 0.3 is 11.8 Å². The molecule has 0 saturated carbocycles. The first-order valence-corrected chi connectivity index (χ1v) is 3.85. The van der Waals surface area contributed by atoms with Gasteiger partial charge in [0.1, 0.15) is 0 Å². The van der Waals surface area contributed by atoms with Crippen LogP contribution in [-0.4, -0.2) is 28.4 Å². The van der Waals surface area contributed by atoms with E-state index in [-0.39, 0.29) is 6.42 Å². The molecule has 5 nitrogen and oxygen atoms in total. The van der Waals surface area contributed by atoms with Crippen LogP contribution in [0.1, 0.15) is 26.2 Å². The van der Waals surface area contributed by atoms with E-state index in [4.69, 9.17) is 5.11 Å². The monoisotopic (exact) mass is 186 g/mol. The SMILES string of the molecule is CCCCC(=O)C(=O)C(=O)C(=O)O. The Morgan fingerprint density at radius 3 is 2.00 bits per heavy atom. The van der Waals surface area contributed by atoms with E-state index in [9.17, 15) is 19.2 Å². The van der Waals surface area contributed by atoms with Crippen molar-refractivity contribution < 1.29 is 24.3 Å². The van der Waals surface area contributed by atoms with E-state index in [1.54, 1.807) is 0 Å². The molecule has 0 saturated heterocycles. The Balaban J connectivity index is 4.19. The Labute approximate surface area is 74.7 Å². The normalized spacial score (nSPS) is 9.31. The number of carboxylic acid groups (broad SMARTS) is 1. The minimum Gasteiger partial charge on any atom is -0.475 e. The van der Waals surface area contributed by atoms with E-state index < -0.39 is 23.3 Å². The number of carboxylic acids is 1. The van der Waals surface area contributed by atoms with Crippen LogP contribution in [0.25, 0.3) is 0 Å². The highest BCUT2D eigenvalue weighted by atomic mass is 16.4. The van der Waals surface area contributed by atoms with Gasteiger partial charge in [0.05, 0.1) is 0 Å². The highest BCUT2D eigenvalue weighted by molar-refractivity contribution is 6.76. The molecular formula is C8H10O5. The van der Waals surface area contributed by atoms with Gasteiger partial charge in [0.25, 0.3) is 5.78 Å². The number of hydrogen-bond donors (Lipinski definition) is 1. The number of ketones is 3. The van der Waals surface area contributed by atoms with Gasteiger partial charge in [0.2, 0.25) is 5.78 Å². The van der Waals surface area contributed by atoms with Crippen LogP contribution in [0.15, 0.2) is 0 Å². The minimum absolute atomic E-state index is 0.0612. The molecular weight excluding hydrogens is 176 g/mol. The summed E-state index contributed by atoms with van der Waals surface area (Å²) in [5, 5.41) is 8.10. The van der Waals surface area contributed by atoms with E-state index in [1.807, 2.05) is 6.92 Å². The van der Waals surface area contributed by atoms with Crippen molar-refractivity contribution in [1.29, 1.82) is 0 Å². The fourth-order valence-electron chi connectivity index (χ4n) is 0.675. The molecule has 5 heteroatoms. The standard InChI is InChI=1S/C8H10O5/c1-2-3-4-5(9)6(10)7(11)8(12)13/h2-4H2,1H3,(H,12,13). The molecule has 0 aliphatic heterocycles. The van der Waals surface area contributed by atoms with Gasteiger partial charge in [-0.25, -0.2) is 4.79 Å². The fourth-order valence-corrected chi connectivity index (χ4v) is 0.675. The van der Waals surface area contributed by atoms with Gasteiger partial charge in [-0.2, -0.15) is 0 Å². The summed E-state index contributed by atoms with van der Waals surface area (Å²) >= 11 is 0. The summed E-state index contributed by atoms with van der Waals surface area (Å²) < 4.78 is 0. The lowest BCUT2D eigenvalue weighted by atomic mass is 10.1. The van der Waals surface area contributed by atoms with E-state index in [1.165, 1.54) is 0 Å². The summed E-state index contributed by atoms with van der Waals surface area (Å²) in [6.45, 7) is 1.82. The first-order valence-electron chi connectivity index (χ1n) is 3.85. The maximum atomic E-state index is 10.8. The first kappa shape index (κ1) is 11.5. The topological polar surface area (TPSA) is 88.5 Å². The molecule has 0 fully saturated rings. The fraction of sp³-hybridized carbons (Fsp3) is 0.500. The maximum Gasteiger partial charge on any atom is 0.380 e. The molecule has 0 radical (unpaired) electrons. The lowest BCUT2D eigenvalue weighted by Crippen LogP contribution is -2.29. The van der Waals surface area contributed by atoms with Crippen LogP contribution in [0, 0.1) is 0 Å². The van der Waals surface area contributed by atoms with Gasteiger partial charge in [0, 0.05) is 6.42 Å². The summed E-state index contributed by atoms with van der Waals surface area (Å²) in [6.07, 6.45) is 1.13. The zero-order valence-corrected chi connectivity index (χ0v) is 7.20. The summed E-state index contributed by atoms with van der Waals surface area (Å²) in [6, 6.07) is 0. The summed E-state index contributed by atoms with van der Waals surface area (Å²) in [5.74, 6) is -5.88. The van der Waals surface area contributed by atoms with Crippen LogP contribution in [0.5, 0.6) is 0 Å². The third-order valence-corrected chi connectivity index (χ3v) is 1.41. The smallest absolute Gasteiger partial charge is 0.380 e. The van der Waals surface area contributed by atoms with Gasteiger partial charge in [-0.3, -0.25) is 14.4 Å². The van der Waals surface area contributed by atoms with Gasteiger partial charge in [-0.05, 0) is 6.42 Å². The summed E-state index contributed by atoms with van der Waals surface area (Å²) in [5.41, 5.74) is 0. The second kappa shape index (κ2) is 5.18. The van der Waals surface area contributed by atoms with Crippen molar-refractivity contribution >= 4 is 23.3 Å². The second-order valence-electron chi connectivity index (χ2n) is 2.49. The number of hydrogen-bond acceptors (Lipinski definition) is 4. The third-order valence-electron chi connectivity index (χ3n) is 1.41. The highest BCUT2D eigenvalue weighted by Gasteiger charge is 2.27. The Morgan fingerprint density at radius 1 is 1.08 bits per heavy atom. The van der Waals surface area contributed by atoms with Crippen LogP contribution in [0.3, 0.4) is 0 Å². The van der Waals surface area contributed by atoms with Crippen molar-refractivity contribution in [2.24, 2.45) is 0 Å². The molecule has 0 amide bonds. The average molecular weight is 186 g/mol. The van der Waals surface area contributed by atoms with Gasteiger partial charge in [-0.15, -0.1) is 0 Å². The number of rotatable bonds is 6. The lowest BCUT2D eigenvalue weighted by molar-refractivity contribution is -0.155. The summed E-state index contributed by atoms with van der Waals surface area (Å²) in [7, 11) is 0. The maximum absolute atomic E-state index is 10.8. The molecule has 72 valence electrons. The van der Waals surface area contributed by atoms with Crippen molar-refractivity contribution in [3.8, 4) is 0 Å². The minimum atomic E-state index is -1.88. The molecule has 0 aromatic carbocycles. The molecule has 0 heterocycles. The Hall–Kier alpha value is -1.52. The zero-order chi connectivity index (χ0) is 10.4. The molecule has 0 atom stereocenters.